The summed E-state index contributed by atoms with van der Waals surface area (Å²) in [6.07, 6.45) is 5.77. The topological polar surface area (TPSA) is 30.9 Å². The molecule has 68 heavy (non-hydrogen) atoms. The first-order valence-electron chi connectivity index (χ1n) is 24.7. The quantitative estimate of drug-likeness (QED) is 0.0371. The predicted octanol–water partition coefficient (Wildman–Crippen LogP) is 17.3. The van der Waals surface area contributed by atoms with Crippen molar-refractivity contribution in [3.05, 3.63) is 180 Å². The van der Waals surface area contributed by atoms with E-state index in [4.69, 9.17) is 13.3 Å². The van der Waals surface area contributed by atoms with Crippen LogP contribution in [0.5, 0.6) is 0 Å². The second-order valence-electron chi connectivity index (χ2n) is 18.0. The Balaban J connectivity index is 1.13. The number of thiophene rings is 1. The van der Waals surface area contributed by atoms with Crippen LogP contribution in [0, 0.1) is 13.8 Å². The van der Waals surface area contributed by atoms with Gasteiger partial charge in [-0.3, -0.25) is 0 Å². The van der Waals surface area contributed by atoms with E-state index in [-0.39, 0.29) is 0 Å². The molecule has 0 radical (unpaired) electrons. The fraction of sp³-hybridized carbons (Fsp3) is 0.226. The van der Waals surface area contributed by atoms with Gasteiger partial charge in [0.05, 0.1) is 10.2 Å². The summed E-state index contributed by atoms with van der Waals surface area (Å²) in [6.45, 7) is 14.3. The van der Waals surface area contributed by atoms with Crippen molar-refractivity contribution in [2.24, 2.45) is 0 Å². The Morgan fingerprint density at radius 2 is 0.912 bits per heavy atom. The molecule has 0 atom stereocenters. The standard InChI is InChI=1S/C62H61NO3SSi/c1-7-11-12-13-16-48-41-59(67-62(48)68(64-8-2,65-9-3)66-10-4)51-37-38-55-56-39-40-58(57-20-15-19-54(61(56)57)53-18-14-17-52(51)60(53)55)63(49-33-29-46(30-34-49)44-25-21-42(5)22-26-44)50-35-31-47(32-36-50)45-27-23-43(6)24-28-45/h14-15,17-41H,7-13,16H2,1-6H3. The second-order valence-corrected chi connectivity index (χ2v) is 21.9. The van der Waals surface area contributed by atoms with Crippen molar-refractivity contribution in [3.63, 3.8) is 0 Å². The first-order chi connectivity index (χ1) is 33.3. The van der Waals surface area contributed by atoms with E-state index in [0.29, 0.717) is 19.8 Å². The van der Waals surface area contributed by atoms with Gasteiger partial charge in [-0.15, -0.1) is 11.3 Å². The Morgan fingerprint density at radius 3 is 1.43 bits per heavy atom. The fourth-order valence-electron chi connectivity index (χ4n) is 10.3. The van der Waals surface area contributed by atoms with Crippen molar-refractivity contribution < 1.29 is 13.3 Å². The Morgan fingerprint density at radius 1 is 0.456 bits per heavy atom. The molecule has 0 aliphatic rings. The molecule has 0 aliphatic carbocycles. The van der Waals surface area contributed by atoms with E-state index >= 15 is 0 Å². The molecule has 4 nitrogen and oxygen atoms in total. The van der Waals surface area contributed by atoms with Gasteiger partial charge in [-0.05, 0) is 155 Å². The molecule has 9 aromatic carbocycles. The minimum absolute atomic E-state index is 0.542. The first-order valence-corrected chi connectivity index (χ1v) is 27.2. The zero-order chi connectivity index (χ0) is 46.8. The molecule has 10 aromatic rings. The molecule has 10 rings (SSSR count). The second kappa shape index (κ2) is 19.8. The molecule has 0 aliphatic heterocycles. The van der Waals surface area contributed by atoms with Gasteiger partial charge in [0, 0.05) is 41.5 Å². The molecule has 0 spiro atoms. The normalized spacial score (nSPS) is 12.0. The lowest BCUT2D eigenvalue weighted by atomic mass is 9.87. The summed E-state index contributed by atoms with van der Waals surface area (Å²) in [4.78, 5) is 3.67. The molecule has 342 valence electrons. The van der Waals surface area contributed by atoms with Crippen LogP contribution in [0.3, 0.4) is 0 Å². The molecule has 0 bridgehead atoms. The van der Waals surface area contributed by atoms with Gasteiger partial charge in [0.25, 0.3) is 0 Å². The molecule has 0 fully saturated rings. The van der Waals surface area contributed by atoms with Crippen LogP contribution < -0.4 is 9.40 Å². The van der Waals surface area contributed by atoms with E-state index in [9.17, 15) is 0 Å². The average molecular weight is 928 g/mol. The van der Waals surface area contributed by atoms with Crippen molar-refractivity contribution in [2.75, 3.05) is 24.7 Å². The number of aryl methyl sites for hydroxylation is 3. The van der Waals surface area contributed by atoms with Gasteiger partial charge in [0.2, 0.25) is 0 Å². The number of nitrogens with zero attached hydrogens (tertiary/aromatic N) is 1. The van der Waals surface area contributed by atoms with Gasteiger partial charge in [0.1, 0.15) is 0 Å². The van der Waals surface area contributed by atoms with E-state index in [1.54, 1.807) is 0 Å². The van der Waals surface area contributed by atoms with Crippen molar-refractivity contribution in [1.82, 2.24) is 0 Å². The van der Waals surface area contributed by atoms with Crippen LogP contribution in [0.25, 0.3) is 75.8 Å². The minimum atomic E-state index is -3.15. The number of hydrogen-bond acceptors (Lipinski definition) is 5. The van der Waals surface area contributed by atoms with Gasteiger partial charge >= 0.3 is 8.80 Å². The summed E-state index contributed by atoms with van der Waals surface area (Å²) in [5.41, 5.74) is 13.3. The summed E-state index contributed by atoms with van der Waals surface area (Å²) in [7, 11) is -3.15. The predicted molar refractivity (Wildman–Crippen MR) is 294 cm³/mol. The lowest BCUT2D eigenvalue weighted by molar-refractivity contribution is 0.0865. The molecule has 0 amide bonds. The molecule has 1 heterocycles. The Labute approximate surface area is 407 Å². The molecular weight excluding hydrogens is 867 g/mol. The Bertz CT molecular complexity index is 3200. The molecule has 0 unspecified atom stereocenters. The highest BCUT2D eigenvalue weighted by Gasteiger charge is 2.47. The summed E-state index contributed by atoms with van der Waals surface area (Å²) in [5.74, 6) is 0. The highest BCUT2D eigenvalue weighted by atomic mass is 32.1. The lowest BCUT2D eigenvalue weighted by Gasteiger charge is -2.28. The number of benzene rings is 9. The third-order valence-corrected chi connectivity index (χ3v) is 18.5. The third-order valence-electron chi connectivity index (χ3n) is 13.6. The number of anilines is 3. The molecule has 1 aromatic heterocycles. The van der Waals surface area contributed by atoms with Crippen LogP contribution in [0.4, 0.5) is 17.1 Å². The monoisotopic (exact) mass is 927 g/mol. The fourth-order valence-corrected chi connectivity index (χ4v) is 15.0. The molecule has 6 heteroatoms. The van der Waals surface area contributed by atoms with Crippen LogP contribution in [0.15, 0.2) is 164 Å². The molecule has 0 saturated carbocycles. The largest absolute Gasteiger partial charge is 0.547 e. The third kappa shape index (κ3) is 8.54. The summed E-state index contributed by atoms with van der Waals surface area (Å²) < 4.78 is 20.9. The number of fused-ring (bicyclic) bond motifs is 2. The lowest BCUT2D eigenvalue weighted by Crippen LogP contribution is -2.56. The maximum absolute atomic E-state index is 6.58. The minimum Gasteiger partial charge on any atom is -0.370 e. The number of hydrogen-bond donors (Lipinski definition) is 0. The molecule has 0 N–H and O–H groups in total. The summed E-state index contributed by atoms with van der Waals surface area (Å²) in [5, 5.41) is 10.1. The van der Waals surface area contributed by atoms with Crippen molar-refractivity contribution in [2.45, 2.75) is 73.6 Å². The zero-order valence-corrected chi connectivity index (χ0v) is 42.1. The van der Waals surface area contributed by atoms with E-state index in [1.807, 2.05) is 32.1 Å². The van der Waals surface area contributed by atoms with Gasteiger partial charge in [-0.1, -0.05) is 165 Å². The van der Waals surface area contributed by atoms with Crippen molar-refractivity contribution in [1.29, 1.82) is 0 Å². The number of rotatable bonds is 18. The summed E-state index contributed by atoms with van der Waals surface area (Å²) >= 11 is 1.82. The average Bonchev–Trinajstić information content (AvgIpc) is 3.80. The smallest absolute Gasteiger partial charge is 0.370 e. The van der Waals surface area contributed by atoms with Gasteiger partial charge in [-0.2, -0.15) is 0 Å². The maximum Gasteiger partial charge on any atom is 0.547 e. The highest BCUT2D eigenvalue weighted by Crippen LogP contribution is 2.48. The Kier molecular flexibility index (Phi) is 13.3. The Hall–Kier alpha value is -6.12. The van der Waals surface area contributed by atoms with Gasteiger partial charge < -0.3 is 18.2 Å². The van der Waals surface area contributed by atoms with Crippen LogP contribution >= 0.6 is 11.3 Å². The molecular formula is C62H61NO3SSi. The van der Waals surface area contributed by atoms with Crippen molar-refractivity contribution in [3.8, 4) is 32.7 Å². The SMILES string of the molecule is CCCCCCc1cc(-c2ccc3c4ccc(N(c5ccc(-c6ccc(C)cc6)cc5)c5ccc(-c6ccc(C)cc6)cc5)c5cccc(c6cccc2c63)c54)sc1[Si](OCC)(OCC)OCC. The van der Waals surface area contributed by atoms with Crippen LogP contribution in [-0.4, -0.2) is 28.6 Å². The van der Waals surface area contributed by atoms with E-state index in [0.717, 1.165) is 34.4 Å². The maximum atomic E-state index is 6.58. The van der Waals surface area contributed by atoms with Gasteiger partial charge in [0.15, 0.2) is 0 Å². The zero-order valence-electron chi connectivity index (χ0n) is 40.3. The van der Waals surface area contributed by atoms with E-state index in [2.05, 4.69) is 189 Å². The van der Waals surface area contributed by atoms with Gasteiger partial charge in [-0.25, -0.2) is 0 Å². The first kappa shape index (κ1) is 45.6. The molecule has 0 saturated heterocycles. The highest BCUT2D eigenvalue weighted by molar-refractivity contribution is 7.27. The van der Waals surface area contributed by atoms with Crippen molar-refractivity contribution >= 4 is 84.8 Å². The van der Waals surface area contributed by atoms with E-state index in [1.165, 1.54) is 112 Å². The van der Waals surface area contributed by atoms with E-state index < -0.39 is 8.80 Å². The number of unbranched alkanes of at least 4 members (excludes halogenated alkanes) is 3. The summed E-state index contributed by atoms with van der Waals surface area (Å²) in [6, 6.07) is 61.3. The van der Waals surface area contributed by atoms with Crippen LogP contribution in [0.1, 0.15) is 70.1 Å². The van der Waals surface area contributed by atoms with Crippen LogP contribution in [0.2, 0.25) is 0 Å². The van der Waals surface area contributed by atoms with Crippen LogP contribution in [-0.2, 0) is 19.7 Å².